The van der Waals surface area contributed by atoms with Gasteiger partial charge < -0.3 is 25.1 Å². The van der Waals surface area contributed by atoms with E-state index in [-0.39, 0.29) is 23.2 Å². The number of benzene rings is 1. The van der Waals surface area contributed by atoms with E-state index in [4.69, 9.17) is 9.97 Å². The molecule has 2 aromatic rings. The number of fused-ring (bicyclic) bond motifs is 1. The van der Waals surface area contributed by atoms with Gasteiger partial charge in [0.05, 0.1) is 5.69 Å². The quantitative estimate of drug-likeness (QED) is 0.589. The summed E-state index contributed by atoms with van der Waals surface area (Å²) in [6, 6.07) is 6.65. The molecule has 1 spiro atoms. The number of aromatic nitrogens is 2. The van der Waals surface area contributed by atoms with Crippen molar-refractivity contribution in [1.29, 1.82) is 0 Å². The first-order valence-electron chi connectivity index (χ1n) is 13.1. The van der Waals surface area contributed by atoms with Crippen LogP contribution in [0.5, 0.6) is 0 Å². The summed E-state index contributed by atoms with van der Waals surface area (Å²) in [7, 11) is 1.65. The molecule has 0 bridgehead atoms. The number of halogens is 1. The maximum atomic E-state index is 15.0. The standard InChI is InChI=1S/C27H35FN6O3/c1-17(2)12-18(13-22(35)29-3)34-10-8-20-23(19-6-4-5-7-21(19)28)30-25(31-24(20)34)32-11-9-27(14-32)15-33(16-27)26(36)37/h4-7,17-18H,8-16H2,1-3H3,(H,29,35)(H,36,37). The molecule has 4 heterocycles. The van der Waals surface area contributed by atoms with Crippen LogP contribution >= 0.6 is 0 Å². The van der Waals surface area contributed by atoms with E-state index in [0.717, 1.165) is 30.8 Å². The lowest BCUT2D eigenvalue weighted by atomic mass is 9.79. The largest absolute Gasteiger partial charge is 0.465 e. The third-order valence-electron chi connectivity index (χ3n) is 7.91. The van der Waals surface area contributed by atoms with Crippen LogP contribution in [0.2, 0.25) is 0 Å². The van der Waals surface area contributed by atoms with Crippen molar-refractivity contribution < 1.29 is 19.1 Å². The van der Waals surface area contributed by atoms with E-state index in [1.807, 2.05) is 6.07 Å². The first kappa shape index (κ1) is 25.2. The first-order chi connectivity index (χ1) is 17.7. The van der Waals surface area contributed by atoms with Gasteiger partial charge in [-0.15, -0.1) is 0 Å². The molecule has 3 aliphatic heterocycles. The lowest BCUT2D eigenvalue weighted by Crippen LogP contribution is -2.59. The SMILES string of the molecule is CNC(=O)CC(CC(C)C)N1CCc2c(-c3ccccc3F)nc(N3CCC4(CN(C(=O)O)C4)C3)nc21. The average Bonchev–Trinajstić information content (AvgIpc) is 3.47. The molecule has 2 amide bonds. The van der Waals surface area contributed by atoms with Gasteiger partial charge in [0, 0.05) is 68.8 Å². The second-order valence-electron chi connectivity index (χ2n) is 11.1. The molecule has 1 atom stereocenters. The van der Waals surface area contributed by atoms with Gasteiger partial charge >= 0.3 is 6.09 Å². The number of amides is 2. The van der Waals surface area contributed by atoms with Crippen LogP contribution in [-0.4, -0.2) is 77.8 Å². The lowest BCUT2D eigenvalue weighted by molar-refractivity contribution is -0.121. The first-order valence-corrected chi connectivity index (χ1v) is 13.1. The minimum absolute atomic E-state index is 0.0165. The predicted molar refractivity (Wildman–Crippen MR) is 139 cm³/mol. The number of carbonyl (C=O) groups excluding carboxylic acids is 1. The second kappa shape index (κ2) is 9.79. The zero-order valence-corrected chi connectivity index (χ0v) is 21.7. The highest BCUT2D eigenvalue weighted by Gasteiger charge is 2.50. The summed E-state index contributed by atoms with van der Waals surface area (Å²) < 4.78 is 15.0. The Kier molecular flexibility index (Phi) is 6.68. The molecule has 198 valence electrons. The topological polar surface area (TPSA) is 102 Å². The minimum Gasteiger partial charge on any atom is -0.465 e. The van der Waals surface area contributed by atoms with Crippen LogP contribution in [0.25, 0.3) is 11.3 Å². The van der Waals surface area contributed by atoms with E-state index in [1.54, 1.807) is 19.2 Å². The third-order valence-corrected chi connectivity index (χ3v) is 7.91. The fourth-order valence-electron chi connectivity index (χ4n) is 6.08. The Balaban J connectivity index is 1.53. The van der Waals surface area contributed by atoms with Crippen molar-refractivity contribution in [3.8, 4) is 11.3 Å². The van der Waals surface area contributed by atoms with Gasteiger partial charge in [-0.2, -0.15) is 4.98 Å². The number of rotatable bonds is 7. The molecule has 2 fully saturated rings. The Bertz CT molecular complexity index is 1200. The van der Waals surface area contributed by atoms with Crippen molar-refractivity contribution in [3.63, 3.8) is 0 Å². The molecular weight excluding hydrogens is 475 g/mol. The molecule has 1 aromatic heterocycles. The smallest absolute Gasteiger partial charge is 0.407 e. The Labute approximate surface area is 216 Å². The molecule has 37 heavy (non-hydrogen) atoms. The molecule has 5 rings (SSSR count). The summed E-state index contributed by atoms with van der Waals surface area (Å²) in [5.74, 6) is 1.36. The molecule has 0 saturated carbocycles. The number of carbonyl (C=O) groups is 2. The van der Waals surface area contributed by atoms with Crippen LogP contribution in [-0.2, 0) is 11.2 Å². The van der Waals surface area contributed by atoms with Gasteiger partial charge in [0.1, 0.15) is 11.6 Å². The van der Waals surface area contributed by atoms with Crippen molar-refractivity contribution in [1.82, 2.24) is 20.2 Å². The minimum atomic E-state index is -0.886. The summed E-state index contributed by atoms with van der Waals surface area (Å²) in [6.45, 7) is 7.40. The van der Waals surface area contributed by atoms with Crippen LogP contribution in [0.15, 0.2) is 24.3 Å². The van der Waals surface area contributed by atoms with Crippen LogP contribution in [0.3, 0.4) is 0 Å². The van der Waals surface area contributed by atoms with Crippen LogP contribution in [0, 0.1) is 17.2 Å². The number of carboxylic acid groups (broad SMARTS) is 1. The molecule has 1 aromatic carbocycles. The summed E-state index contributed by atoms with van der Waals surface area (Å²) in [4.78, 5) is 39.4. The normalized spacial score (nSPS) is 18.8. The fraction of sp³-hybridized carbons (Fsp3) is 0.556. The van der Waals surface area contributed by atoms with E-state index >= 15 is 4.39 Å². The molecule has 1 unspecified atom stereocenters. The monoisotopic (exact) mass is 510 g/mol. The van der Waals surface area contributed by atoms with Crippen molar-refractivity contribution in [3.05, 3.63) is 35.6 Å². The number of nitrogens with one attached hydrogen (secondary N) is 1. The van der Waals surface area contributed by atoms with Gasteiger partial charge in [-0.1, -0.05) is 26.0 Å². The highest BCUT2D eigenvalue weighted by Crippen LogP contribution is 2.43. The summed E-state index contributed by atoms with van der Waals surface area (Å²) in [5.41, 5.74) is 1.88. The van der Waals surface area contributed by atoms with Gasteiger partial charge in [0.15, 0.2) is 0 Å². The summed E-state index contributed by atoms with van der Waals surface area (Å²) in [6.07, 6.45) is 1.85. The van der Waals surface area contributed by atoms with Crippen molar-refractivity contribution in [2.24, 2.45) is 11.3 Å². The number of anilines is 2. The van der Waals surface area contributed by atoms with Crippen molar-refractivity contribution >= 4 is 23.8 Å². The van der Waals surface area contributed by atoms with E-state index in [2.05, 4.69) is 29.0 Å². The molecule has 0 aliphatic carbocycles. The fourth-order valence-corrected chi connectivity index (χ4v) is 6.08. The maximum absolute atomic E-state index is 15.0. The van der Waals surface area contributed by atoms with E-state index < -0.39 is 6.09 Å². The summed E-state index contributed by atoms with van der Waals surface area (Å²) in [5, 5.41) is 12.0. The van der Waals surface area contributed by atoms with Crippen LogP contribution < -0.4 is 15.1 Å². The van der Waals surface area contributed by atoms with Gasteiger partial charge in [0.25, 0.3) is 0 Å². The predicted octanol–water partition coefficient (Wildman–Crippen LogP) is 3.39. The molecule has 3 aliphatic rings. The molecule has 2 N–H and O–H groups in total. The van der Waals surface area contributed by atoms with Gasteiger partial charge in [-0.25, -0.2) is 14.2 Å². The van der Waals surface area contributed by atoms with Gasteiger partial charge in [-0.05, 0) is 37.3 Å². The zero-order chi connectivity index (χ0) is 26.3. The maximum Gasteiger partial charge on any atom is 0.407 e. The average molecular weight is 511 g/mol. The third kappa shape index (κ3) is 4.81. The van der Waals surface area contributed by atoms with E-state index in [9.17, 15) is 14.7 Å². The Morgan fingerprint density at radius 3 is 2.59 bits per heavy atom. The highest BCUT2D eigenvalue weighted by atomic mass is 19.1. The molecule has 9 nitrogen and oxygen atoms in total. The number of likely N-dealkylation sites (tertiary alicyclic amines) is 1. The molecule has 0 radical (unpaired) electrons. The van der Waals surface area contributed by atoms with Crippen LogP contribution in [0.1, 0.15) is 38.7 Å². The number of hydrogen-bond donors (Lipinski definition) is 2. The molecule has 10 heteroatoms. The van der Waals surface area contributed by atoms with Crippen LogP contribution in [0.4, 0.5) is 21.0 Å². The Morgan fingerprint density at radius 2 is 1.92 bits per heavy atom. The number of hydrogen-bond acceptors (Lipinski definition) is 6. The second-order valence-corrected chi connectivity index (χ2v) is 11.1. The molecular formula is C27H35FN6O3. The summed E-state index contributed by atoms with van der Waals surface area (Å²) >= 11 is 0. The zero-order valence-electron chi connectivity index (χ0n) is 21.7. The molecule has 2 saturated heterocycles. The Hall–Kier alpha value is -3.43. The van der Waals surface area contributed by atoms with Crippen molar-refractivity contribution in [2.45, 2.75) is 45.6 Å². The highest BCUT2D eigenvalue weighted by molar-refractivity contribution is 5.78. The lowest BCUT2D eigenvalue weighted by Gasteiger charge is -2.46. The number of nitrogens with zero attached hydrogens (tertiary/aromatic N) is 5. The van der Waals surface area contributed by atoms with Crippen molar-refractivity contribution in [2.75, 3.05) is 49.6 Å². The van der Waals surface area contributed by atoms with E-state index in [1.165, 1.54) is 11.0 Å². The Morgan fingerprint density at radius 1 is 1.16 bits per heavy atom. The van der Waals surface area contributed by atoms with E-state index in [0.29, 0.717) is 62.1 Å². The van der Waals surface area contributed by atoms with Gasteiger partial charge in [-0.3, -0.25) is 4.79 Å². The van der Waals surface area contributed by atoms with Gasteiger partial charge in [0.2, 0.25) is 11.9 Å².